The van der Waals surface area contributed by atoms with Gasteiger partial charge in [-0.1, -0.05) is 59.3 Å². The van der Waals surface area contributed by atoms with Crippen LogP contribution in [-0.2, 0) is 20.7 Å². The van der Waals surface area contributed by atoms with Crippen LogP contribution in [0.3, 0.4) is 0 Å². The third kappa shape index (κ3) is 12.7. The monoisotopic (exact) mass is 678 g/mol. The largest absolute Gasteiger partial charge is 0.444 e. The zero-order chi connectivity index (χ0) is 31.7. The van der Waals surface area contributed by atoms with Crippen LogP contribution >= 0.6 is 27.5 Å². The highest BCUT2D eigenvalue weighted by Crippen LogP contribution is 2.24. The Kier molecular flexibility index (Phi) is 13.3. The zero-order valence-electron chi connectivity index (χ0n) is 25.8. The van der Waals surface area contributed by atoms with Crippen molar-refractivity contribution in [3.05, 3.63) is 68.8 Å². The predicted molar refractivity (Wildman–Crippen MR) is 179 cm³/mol. The highest BCUT2D eigenvalue weighted by atomic mass is 79.9. The van der Waals surface area contributed by atoms with Gasteiger partial charge >= 0.3 is 6.09 Å². The second kappa shape index (κ2) is 15.7. The van der Waals surface area contributed by atoms with Crippen molar-refractivity contribution < 1.29 is 19.1 Å². The number of allylic oxidation sites excluding steroid dienone is 2. The van der Waals surface area contributed by atoms with Crippen LogP contribution in [0.4, 0.5) is 10.5 Å². The normalized spacial score (nSPS) is 13.1. The fourth-order valence-corrected chi connectivity index (χ4v) is 5.30. The van der Waals surface area contributed by atoms with E-state index in [1.54, 1.807) is 52.0 Å². The van der Waals surface area contributed by atoms with E-state index < -0.39 is 31.7 Å². The standard InChI is InChI=1S/C31H44BrClN4O4Si/c1-20(34)28(21(2)35-19-40-15-16-42(6,7)8)22-9-12-25(13-10-22)36-29(38)27(37-30(39)41-31(3,4)5)18-23-17-24(32)11-14-26(23)33/h9-14,17,27,34-35H,15-16,18-19H2,1-8H3,(H,36,38)(H,37,39)/b28-21+,34-20?/t27-/m0/s1. The summed E-state index contributed by atoms with van der Waals surface area (Å²) in [5, 5.41) is 17.7. The lowest BCUT2D eigenvalue weighted by atomic mass is 9.99. The highest BCUT2D eigenvalue weighted by molar-refractivity contribution is 9.10. The van der Waals surface area contributed by atoms with Gasteiger partial charge in [0, 0.05) is 53.3 Å². The number of halogens is 2. The van der Waals surface area contributed by atoms with Crippen LogP contribution in [0.2, 0.25) is 30.7 Å². The summed E-state index contributed by atoms with van der Waals surface area (Å²) in [6.45, 7) is 16.9. The van der Waals surface area contributed by atoms with Gasteiger partial charge in [-0.05, 0) is 82.1 Å². The van der Waals surface area contributed by atoms with Crippen LogP contribution in [0.15, 0.2) is 52.6 Å². The number of carbonyl (C=O) groups is 2. The molecule has 230 valence electrons. The summed E-state index contributed by atoms with van der Waals surface area (Å²) < 4.78 is 12.0. The molecular weight excluding hydrogens is 636 g/mol. The summed E-state index contributed by atoms with van der Waals surface area (Å²) in [5.41, 5.74) is 3.35. The van der Waals surface area contributed by atoms with Gasteiger partial charge in [-0.25, -0.2) is 4.79 Å². The Morgan fingerprint density at radius 3 is 2.29 bits per heavy atom. The molecule has 4 N–H and O–H groups in total. The molecule has 2 aromatic rings. The molecule has 2 amide bonds. The maximum Gasteiger partial charge on any atom is 0.408 e. The van der Waals surface area contributed by atoms with Gasteiger partial charge in [0.15, 0.2) is 0 Å². The number of rotatable bonds is 13. The maximum atomic E-state index is 13.4. The molecule has 42 heavy (non-hydrogen) atoms. The van der Waals surface area contributed by atoms with Crippen molar-refractivity contribution >= 4 is 64.6 Å². The van der Waals surface area contributed by atoms with E-state index in [4.69, 9.17) is 26.5 Å². The Labute approximate surface area is 264 Å². The first kappa shape index (κ1) is 35.5. The van der Waals surface area contributed by atoms with Crippen molar-refractivity contribution in [2.24, 2.45) is 0 Å². The molecule has 0 heterocycles. The summed E-state index contributed by atoms with van der Waals surface area (Å²) in [7, 11) is -1.16. The minimum absolute atomic E-state index is 0.159. The first-order valence-electron chi connectivity index (χ1n) is 13.9. The number of carbonyl (C=O) groups excluding carboxylic acids is 2. The lowest BCUT2D eigenvalue weighted by Crippen LogP contribution is -2.47. The van der Waals surface area contributed by atoms with E-state index in [9.17, 15) is 9.59 Å². The average molecular weight is 680 g/mol. The Hall–Kier alpha value is -2.66. The lowest BCUT2D eigenvalue weighted by Gasteiger charge is -2.24. The first-order valence-corrected chi connectivity index (χ1v) is 18.8. The lowest BCUT2D eigenvalue weighted by molar-refractivity contribution is -0.118. The second-order valence-electron chi connectivity index (χ2n) is 12.4. The van der Waals surface area contributed by atoms with E-state index in [1.807, 2.05) is 25.1 Å². The molecule has 0 saturated heterocycles. The van der Waals surface area contributed by atoms with Crippen molar-refractivity contribution in [2.45, 2.75) is 78.4 Å². The number of amides is 2. The third-order valence-corrected chi connectivity index (χ3v) is 8.63. The number of nitrogens with one attached hydrogen (secondary N) is 4. The maximum absolute atomic E-state index is 13.4. The smallest absolute Gasteiger partial charge is 0.408 e. The van der Waals surface area contributed by atoms with Gasteiger partial charge in [-0.3, -0.25) is 4.79 Å². The fourth-order valence-electron chi connectivity index (χ4n) is 3.94. The number of hydrogen-bond donors (Lipinski definition) is 4. The van der Waals surface area contributed by atoms with E-state index >= 15 is 0 Å². The summed E-state index contributed by atoms with van der Waals surface area (Å²) in [4.78, 5) is 26.0. The van der Waals surface area contributed by atoms with E-state index in [1.165, 1.54) is 0 Å². The van der Waals surface area contributed by atoms with Crippen LogP contribution in [0.5, 0.6) is 0 Å². The van der Waals surface area contributed by atoms with Gasteiger partial charge in [0.2, 0.25) is 5.91 Å². The number of hydrogen-bond acceptors (Lipinski definition) is 6. The molecule has 0 bridgehead atoms. The molecular formula is C31H44BrClN4O4Si. The molecule has 0 aliphatic carbocycles. The van der Waals surface area contributed by atoms with Gasteiger partial charge < -0.3 is 30.8 Å². The van der Waals surface area contributed by atoms with Crippen LogP contribution in [-0.4, -0.2) is 50.8 Å². The Morgan fingerprint density at radius 1 is 1.07 bits per heavy atom. The second-order valence-corrected chi connectivity index (χ2v) is 19.3. The van der Waals surface area contributed by atoms with Gasteiger partial charge in [-0.2, -0.15) is 0 Å². The quantitative estimate of drug-likeness (QED) is 0.0746. The molecule has 2 rings (SSSR count). The minimum atomic E-state index is -1.16. The Morgan fingerprint density at radius 2 is 1.71 bits per heavy atom. The highest BCUT2D eigenvalue weighted by Gasteiger charge is 2.26. The van der Waals surface area contributed by atoms with Gasteiger partial charge in [0.25, 0.3) is 0 Å². The first-order chi connectivity index (χ1) is 19.4. The van der Waals surface area contributed by atoms with Crippen LogP contribution in [0.1, 0.15) is 45.7 Å². The molecule has 0 radical (unpaired) electrons. The van der Waals surface area contributed by atoms with E-state index in [0.717, 1.165) is 27.4 Å². The molecule has 0 aromatic heterocycles. The van der Waals surface area contributed by atoms with Crippen molar-refractivity contribution in [1.82, 2.24) is 10.6 Å². The van der Waals surface area contributed by atoms with Crippen molar-refractivity contribution in [3.63, 3.8) is 0 Å². The number of ether oxygens (including phenoxy) is 2. The van der Waals surface area contributed by atoms with Crippen molar-refractivity contribution in [1.29, 1.82) is 5.41 Å². The van der Waals surface area contributed by atoms with Gasteiger partial charge in [0.05, 0.1) is 0 Å². The topological polar surface area (TPSA) is 113 Å². The minimum Gasteiger partial charge on any atom is -0.444 e. The molecule has 0 aliphatic heterocycles. The van der Waals surface area contributed by atoms with Crippen LogP contribution < -0.4 is 16.0 Å². The molecule has 11 heteroatoms. The summed E-state index contributed by atoms with van der Waals surface area (Å²) >= 11 is 9.82. The molecule has 8 nitrogen and oxygen atoms in total. The molecule has 2 aromatic carbocycles. The van der Waals surface area contributed by atoms with E-state index in [-0.39, 0.29) is 6.42 Å². The number of benzene rings is 2. The fraction of sp³-hybridized carbons (Fsp3) is 0.452. The summed E-state index contributed by atoms with van der Waals surface area (Å²) in [6, 6.07) is 12.7. The number of alkyl carbamates (subject to hydrolysis) is 1. The molecule has 0 saturated carbocycles. The van der Waals surface area contributed by atoms with Gasteiger partial charge in [-0.15, -0.1) is 0 Å². The van der Waals surface area contributed by atoms with Crippen LogP contribution in [0.25, 0.3) is 5.57 Å². The van der Waals surface area contributed by atoms with Gasteiger partial charge in [0.1, 0.15) is 18.4 Å². The predicted octanol–water partition coefficient (Wildman–Crippen LogP) is 7.85. The molecule has 0 aliphatic rings. The molecule has 0 fully saturated rings. The van der Waals surface area contributed by atoms with Crippen LogP contribution in [0, 0.1) is 5.41 Å². The van der Waals surface area contributed by atoms with Crippen molar-refractivity contribution in [3.8, 4) is 0 Å². The third-order valence-electron chi connectivity index (χ3n) is 6.07. The Bertz CT molecular complexity index is 1290. The van der Waals surface area contributed by atoms with E-state index in [2.05, 4.69) is 51.5 Å². The molecule has 1 atom stereocenters. The number of anilines is 1. The van der Waals surface area contributed by atoms with E-state index in [0.29, 0.717) is 35.3 Å². The molecule has 0 spiro atoms. The summed E-state index contributed by atoms with van der Waals surface area (Å²) in [5.74, 6) is -0.419. The summed E-state index contributed by atoms with van der Waals surface area (Å²) in [6.07, 6.45) is -0.542. The van der Waals surface area contributed by atoms with Crippen molar-refractivity contribution in [2.75, 3.05) is 18.7 Å². The SMILES string of the molecule is CC(=N)/C(=C(/C)NCOCC[Si](C)(C)C)c1ccc(NC(=O)[C@H](Cc2cc(Br)ccc2Cl)NC(=O)OC(C)(C)C)cc1. The molecule has 0 unspecified atom stereocenters. The average Bonchev–Trinajstić information content (AvgIpc) is 2.84. The Balaban J connectivity index is 2.18. The zero-order valence-corrected chi connectivity index (χ0v) is 29.2.